The van der Waals surface area contributed by atoms with Crippen molar-refractivity contribution >= 4 is 66.0 Å². The molecule has 0 saturated carbocycles. The Balaban J connectivity index is 2.18. The minimum absolute atomic E-state index is 0.0195. The Labute approximate surface area is 269 Å². The van der Waals surface area contributed by atoms with Gasteiger partial charge in [-0.05, 0) is 97.9 Å². The van der Waals surface area contributed by atoms with Gasteiger partial charge in [0.25, 0.3) is 0 Å². The van der Waals surface area contributed by atoms with Crippen LogP contribution in [-0.4, -0.2) is 50.0 Å². The molecule has 11 nitrogen and oxygen atoms in total. The number of nitrogens with one attached hydrogen (secondary N) is 5. The van der Waals surface area contributed by atoms with Crippen LogP contribution in [0.15, 0.2) is 52.4 Å². The van der Waals surface area contributed by atoms with E-state index in [0.717, 1.165) is 11.3 Å². The molecule has 3 rings (SSSR count). The van der Waals surface area contributed by atoms with Crippen LogP contribution in [0.2, 0.25) is 0 Å². The topological polar surface area (TPSA) is 158 Å². The lowest BCUT2D eigenvalue weighted by Gasteiger charge is -2.22. The fourth-order valence-corrected chi connectivity index (χ4v) is 8.89. The van der Waals surface area contributed by atoms with Gasteiger partial charge >= 0.3 is 0 Å². The van der Waals surface area contributed by atoms with Crippen LogP contribution in [-0.2, 0) is 24.8 Å². The van der Waals surface area contributed by atoms with Crippen LogP contribution in [0.1, 0.15) is 62.3 Å². The highest BCUT2D eigenvalue weighted by atomic mass is 32.2. The summed E-state index contributed by atoms with van der Waals surface area (Å²) in [6.07, 6.45) is 1.50. The van der Waals surface area contributed by atoms with E-state index in [9.17, 15) is 21.6 Å². The first-order valence-electron chi connectivity index (χ1n) is 13.7. The third-order valence-corrected chi connectivity index (χ3v) is 10.3. The molecule has 3 aromatic rings. The van der Waals surface area contributed by atoms with Gasteiger partial charge in [0, 0.05) is 52.7 Å². The van der Waals surface area contributed by atoms with Crippen LogP contribution < -0.4 is 25.4 Å². The van der Waals surface area contributed by atoms with Gasteiger partial charge in [-0.2, -0.15) is 0 Å². The van der Waals surface area contributed by atoms with E-state index in [4.69, 9.17) is 12.2 Å². The zero-order chi connectivity index (χ0) is 33.3. The summed E-state index contributed by atoms with van der Waals surface area (Å²) in [5.74, 6) is -0.346. The number of hydrogen-bond acceptors (Lipinski definition) is 8. The number of nitrogens with zero attached hydrogens (tertiary/aromatic N) is 1. The molecule has 2 aromatic carbocycles. The molecule has 0 atom stereocenters. The predicted molar refractivity (Wildman–Crippen MR) is 182 cm³/mol. The molecule has 1 aromatic heterocycles. The van der Waals surface area contributed by atoms with Crippen molar-refractivity contribution in [2.24, 2.45) is 0 Å². The first kappa shape index (κ1) is 35.5. The number of sulfonamides is 2. The molecule has 44 heavy (non-hydrogen) atoms. The van der Waals surface area contributed by atoms with Crippen LogP contribution in [0.3, 0.4) is 0 Å². The fourth-order valence-electron chi connectivity index (χ4n) is 4.10. The number of thiocarbonyl (C=S) groups is 1. The Morgan fingerprint density at radius 2 is 1.30 bits per heavy atom. The second-order valence-electron chi connectivity index (χ2n) is 12.6. The molecule has 15 heteroatoms. The van der Waals surface area contributed by atoms with E-state index in [2.05, 4.69) is 30.4 Å². The Kier molecular flexibility index (Phi) is 10.6. The first-order chi connectivity index (χ1) is 20.1. The van der Waals surface area contributed by atoms with Crippen LogP contribution in [0, 0.1) is 0 Å². The largest absolute Gasteiger partial charge is 0.360 e. The molecule has 0 aliphatic rings. The van der Waals surface area contributed by atoms with Gasteiger partial charge in [-0.15, -0.1) is 11.3 Å². The number of thiazole rings is 1. The van der Waals surface area contributed by atoms with Gasteiger partial charge in [0.2, 0.25) is 26.0 Å². The van der Waals surface area contributed by atoms with Gasteiger partial charge < -0.3 is 16.0 Å². The molecule has 240 valence electrons. The third kappa shape index (κ3) is 9.78. The third-order valence-electron chi connectivity index (χ3n) is 5.42. The van der Waals surface area contributed by atoms with Gasteiger partial charge in [-0.1, -0.05) is 6.07 Å². The molecule has 0 spiro atoms. The molecule has 0 unspecified atom stereocenters. The SMILES string of the molecule is CC(=O)Nc1ccc(-c2cnc(-c3ccc(NC(=S)NC(C)C)cc3S(=O)(=O)NC(C)(C)C)s2)c(S(=O)(=O)NC(C)(C)C)c1. The maximum absolute atomic E-state index is 13.6. The summed E-state index contributed by atoms with van der Waals surface area (Å²) >= 11 is 6.49. The molecule has 0 fully saturated rings. The van der Waals surface area contributed by atoms with E-state index in [1.165, 1.54) is 25.3 Å². The van der Waals surface area contributed by atoms with E-state index in [0.29, 0.717) is 37.5 Å². The highest BCUT2D eigenvalue weighted by Gasteiger charge is 2.29. The molecule has 0 radical (unpaired) electrons. The van der Waals surface area contributed by atoms with Crippen molar-refractivity contribution in [2.45, 2.75) is 89.2 Å². The van der Waals surface area contributed by atoms with Crippen LogP contribution >= 0.6 is 23.6 Å². The van der Waals surface area contributed by atoms with Crippen molar-refractivity contribution in [3.63, 3.8) is 0 Å². The Hall–Kier alpha value is -2.95. The number of carbonyl (C=O) groups excluding carboxylic acids is 1. The van der Waals surface area contributed by atoms with Crippen molar-refractivity contribution < 1.29 is 21.6 Å². The van der Waals surface area contributed by atoms with Crippen LogP contribution in [0.4, 0.5) is 11.4 Å². The number of hydrogen-bond donors (Lipinski definition) is 5. The van der Waals surface area contributed by atoms with Gasteiger partial charge in [0.05, 0.1) is 14.7 Å². The number of amides is 1. The summed E-state index contributed by atoms with van der Waals surface area (Å²) in [7, 11) is -8.08. The predicted octanol–water partition coefficient (Wildman–Crippen LogP) is 5.28. The molecule has 0 bridgehead atoms. The normalized spacial score (nSPS) is 12.7. The number of aromatic nitrogens is 1. The van der Waals surface area contributed by atoms with Gasteiger partial charge in [-0.3, -0.25) is 4.79 Å². The standard InChI is InChI=1S/C29H40N6O5S4/c1-17(2)31-27(41)33-20-11-13-22(25(15-20)44(39,40)35-29(7,8)9)26-30-16-23(42-26)21-12-10-19(32-18(3)36)14-24(21)43(37,38)34-28(4,5)6/h10-17,34-35H,1-9H3,(H,32,36)(H2,31,33,41). The highest BCUT2D eigenvalue weighted by Crippen LogP contribution is 2.39. The summed E-state index contributed by atoms with van der Waals surface area (Å²) in [5, 5.41) is 9.43. The zero-order valence-electron chi connectivity index (χ0n) is 26.2. The molecule has 0 aliphatic heterocycles. The molecule has 0 aliphatic carbocycles. The Morgan fingerprint density at radius 1 is 0.818 bits per heavy atom. The minimum Gasteiger partial charge on any atom is -0.360 e. The van der Waals surface area contributed by atoms with Gasteiger partial charge in [-0.25, -0.2) is 31.3 Å². The van der Waals surface area contributed by atoms with Crippen molar-refractivity contribution in [2.75, 3.05) is 10.6 Å². The van der Waals surface area contributed by atoms with E-state index < -0.39 is 31.1 Å². The summed E-state index contributed by atoms with van der Waals surface area (Å²) in [4.78, 5) is 16.6. The average molecular weight is 681 g/mol. The molecule has 1 amide bonds. The number of benzene rings is 2. The Bertz CT molecular complexity index is 1770. The maximum atomic E-state index is 13.6. The number of carbonyl (C=O) groups is 1. The summed E-state index contributed by atoms with van der Waals surface area (Å²) < 4.78 is 59.7. The maximum Gasteiger partial charge on any atom is 0.241 e. The summed E-state index contributed by atoms with van der Waals surface area (Å²) in [5.41, 5.74) is -0.0758. The smallest absolute Gasteiger partial charge is 0.241 e. The molecule has 0 saturated heterocycles. The van der Waals surface area contributed by atoms with E-state index in [-0.39, 0.29) is 21.7 Å². The van der Waals surface area contributed by atoms with Gasteiger partial charge in [0.15, 0.2) is 5.11 Å². The molecule has 1 heterocycles. The lowest BCUT2D eigenvalue weighted by atomic mass is 10.1. The lowest BCUT2D eigenvalue weighted by Crippen LogP contribution is -2.40. The molecule has 5 N–H and O–H groups in total. The fraction of sp³-hybridized carbons (Fsp3) is 0.414. The van der Waals surface area contributed by atoms with E-state index in [1.807, 2.05) is 13.8 Å². The quantitative estimate of drug-likeness (QED) is 0.190. The number of rotatable bonds is 9. The van der Waals surface area contributed by atoms with E-state index >= 15 is 0 Å². The average Bonchev–Trinajstić information content (AvgIpc) is 3.30. The number of anilines is 2. The van der Waals surface area contributed by atoms with Crippen molar-refractivity contribution in [1.82, 2.24) is 19.7 Å². The monoisotopic (exact) mass is 680 g/mol. The second kappa shape index (κ2) is 13.2. The van der Waals surface area contributed by atoms with E-state index in [1.54, 1.807) is 65.8 Å². The highest BCUT2D eigenvalue weighted by molar-refractivity contribution is 7.90. The van der Waals surface area contributed by atoms with Crippen molar-refractivity contribution in [3.8, 4) is 21.0 Å². The lowest BCUT2D eigenvalue weighted by molar-refractivity contribution is -0.114. The van der Waals surface area contributed by atoms with Crippen LogP contribution in [0.5, 0.6) is 0 Å². The summed E-state index contributed by atoms with van der Waals surface area (Å²) in [6, 6.07) is 9.49. The molecular formula is C29H40N6O5S4. The van der Waals surface area contributed by atoms with Crippen molar-refractivity contribution in [3.05, 3.63) is 42.6 Å². The van der Waals surface area contributed by atoms with Crippen LogP contribution in [0.25, 0.3) is 21.0 Å². The minimum atomic E-state index is -4.04. The van der Waals surface area contributed by atoms with Gasteiger partial charge in [0.1, 0.15) is 5.01 Å². The second-order valence-corrected chi connectivity index (χ2v) is 17.3. The zero-order valence-corrected chi connectivity index (χ0v) is 29.5. The Morgan fingerprint density at radius 3 is 1.77 bits per heavy atom. The van der Waals surface area contributed by atoms with Crippen molar-refractivity contribution in [1.29, 1.82) is 0 Å². The first-order valence-corrected chi connectivity index (χ1v) is 17.9. The molecular weight excluding hydrogens is 641 g/mol. The summed E-state index contributed by atoms with van der Waals surface area (Å²) in [6.45, 7) is 15.6.